The van der Waals surface area contributed by atoms with E-state index in [1.54, 1.807) is 12.1 Å². The number of alkyl halides is 1. The van der Waals surface area contributed by atoms with Gasteiger partial charge in [-0.3, -0.25) is 4.79 Å². The van der Waals surface area contributed by atoms with E-state index >= 15 is 0 Å². The van der Waals surface area contributed by atoms with Crippen LogP contribution >= 0.6 is 27.5 Å². The second kappa shape index (κ2) is 7.15. The van der Waals surface area contributed by atoms with Crippen LogP contribution in [0.15, 0.2) is 18.2 Å². The Hall–Kier alpha value is -0.540. The molecule has 0 bridgehead atoms. The van der Waals surface area contributed by atoms with Crippen LogP contribution in [0.5, 0.6) is 0 Å². The molecule has 1 aromatic carbocycles. The van der Waals surface area contributed by atoms with Crippen molar-refractivity contribution < 1.29 is 4.79 Å². The summed E-state index contributed by atoms with van der Waals surface area (Å²) < 4.78 is 0. The minimum atomic E-state index is -0.0329. The van der Waals surface area contributed by atoms with Crippen molar-refractivity contribution >= 4 is 33.4 Å². The van der Waals surface area contributed by atoms with Crippen LogP contribution in [0.2, 0.25) is 5.02 Å². The van der Waals surface area contributed by atoms with Gasteiger partial charge in [-0.15, -0.1) is 0 Å². The summed E-state index contributed by atoms with van der Waals surface area (Å²) in [5.41, 5.74) is 1.59. The van der Waals surface area contributed by atoms with Crippen LogP contribution in [0.4, 0.5) is 0 Å². The average Bonchev–Trinajstić information content (AvgIpc) is 2.31. The topological polar surface area (TPSA) is 29.1 Å². The van der Waals surface area contributed by atoms with E-state index in [4.69, 9.17) is 11.6 Å². The Bertz CT molecular complexity index is 420. The fourth-order valence-corrected chi connectivity index (χ4v) is 2.34. The van der Waals surface area contributed by atoms with E-state index in [-0.39, 0.29) is 11.9 Å². The summed E-state index contributed by atoms with van der Waals surface area (Å²) in [5, 5.41) is 4.64. The summed E-state index contributed by atoms with van der Waals surface area (Å²) in [7, 11) is 0. The first-order valence-electron chi connectivity index (χ1n) is 6.08. The third kappa shape index (κ3) is 4.29. The van der Waals surface area contributed by atoms with Gasteiger partial charge < -0.3 is 5.32 Å². The summed E-state index contributed by atoms with van der Waals surface area (Å²) in [6.07, 6.45) is 0.927. The van der Waals surface area contributed by atoms with Gasteiger partial charge in [0.1, 0.15) is 0 Å². The number of carbonyl (C=O) groups is 1. The molecule has 0 saturated carbocycles. The van der Waals surface area contributed by atoms with E-state index < -0.39 is 0 Å². The predicted molar refractivity (Wildman–Crippen MR) is 80.7 cm³/mol. The number of carbonyl (C=O) groups excluding carboxylic acids is 1. The van der Waals surface area contributed by atoms with Crippen LogP contribution in [0.3, 0.4) is 0 Å². The Morgan fingerprint density at radius 1 is 1.44 bits per heavy atom. The molecule has 1 N–H and O–H groups in total. The van der Waals surface area contributed by atoms with Gasteiger partial charge in [0.15, 0.2) is 0 Å². The smallest absolute Gasteiger partial charge is 0.251 e. The van der Waals surface area contributed by atoms with Crippen molar-refractivity contribution in [1.29, 1.82) is 0 Å². The van der Waals surface area contributed by atoms with Crippen LogP contribution in [-0.2, 0) is 0 Å². The van der Waals surface area contributed by atoms with Crippen molar-refractivity contribution in [1.82, 2.24) is 5.32 Å². The van der Waals surface area contributed by atoms with E-state index in [0.717, 1.165) is 17.3 Å². The van der Waals surface area contributed by atoms with Crippen molar-refractivity contribution in [2.24, 2.45) is 5.92 Å². The SMILES string of the molecule is Cc1cc(C(=O)NC(CCBr)C(C)C)ccc1Cl. The average molecular weight is 333 g/mol. The highest BCUT2D eigenvalue weighted by Gasteiger charge is 2.16. The lowest BCUT2D eigenvalue weighted by atomic mass is 10.0. The van der Waals surface area contributed by atoms with Crippen LogP contribution in [-0.4, -0.2) is 17.3 Å². The fourth-order valence-electron chi connectivity index (χ4n) is 1.73. The zero-order valence-electron chi connectivity index (χ0n) is 11.0. The lowest BCUT2D eigenvalue weighted by Gasteiger charge is -2.21. The number of hydrogen-bond donors (Lipinski definition) is 1. The molecule has 1 atom stereocenters. The maximum absolute atomic E-state index is 12.1. The molecule has 0 heterocycles. The van der Waals surface area contributed by atoms with Crippen LogP contribution in [0, 0.1) is 12.8 Å². The molecule has 0 aliphatic rings. The fraction of sp³-hybridized carbons (Fsp3) is 0.500. The molecule has 1 aromatic rings. The van der Waals surface area contributed by atoms with Crippen LogP contribution < -0.4 is 5.32 Å². The van der Waals surface area contributed by atoms with Gasteiger partial charge >= 0.3 is 0 Å². The molecular formula is C14H19BrClNO. The minimum absolute atomic E-state index is 0.0329. The van der Waals surface area contributed by atoms with Crippen LogP contribution in [0.25, 0.3) is 0 Å². The standard InChI is InChI=1S/C14H19BrClNO/c1-9(2)13(6-7-15)17-14(18)11-4-5-12(16)10(3)8-11/h4-5,8-9,13H,6-7H2,1-3H3,(H,17,18). The quantitative estimate of drug-likeness (QED) is 0.805. The molecule has 2 nitrogen and oxygen atoms in total. The summed E-state index contributed by atoms with van der Waals surface area (Å²) in [6, 6.07) is 5.54. The van der Waals surface area contributed by atoms with Gasteiger partial charge in [0, 0.05) is 22.0 Å². The molecule has 4 heteroatoms. The zero-order chi connectivity index (χ0) is 13.7. The maximum atomic E-state index is 12.1. The monoisotopic (exact) mass is 331 g/mol. The maximum Gasteiger partial charge on any atom is 0.251 e. The van der Waals surface area contributed by atoms with Crippen molar-refractivity contribution in [3.8, 4) is 0 Å². The van der Waals surface area contributed by atoms with E-state index in [9.17, 15) is 4.79 Å². The van der Waals surface area contributed by atoms with Gasteiger partial charge in [-0.1, -0.05) is 41.4 Å². The second-order valence-electron chi connectivity index (χ2n) is 4.77. The largest absolute Gasteiger partial charge is 0.349 e. The lowest BCUT2D eigenvalue weighted by Crippen LogP contribution is -2.38. The van der Waals surface area contributed by atoms with Crippen molar-refractivity contribution in [3.05, 3.63) is 34.3 Å². The lowest BCUT2D eigenvalue weighted by molar-refractivity contribution is 0.0925. The number of hydrogen-bond acceptors (Lipinski definition) is 1. The van der Waals surface area contributed by atoms with Gasteiger partial charge in [-0.25, -0.2) is 0 Å². The molecule has 1 unspecified atom stereocenters. The molecule has 0 spiro atoms. The first-order valence-corrected chi connectivity index (χ1v) is 7.58. The second-order valence-corrected chi connectivity index (χ2v) is 5.97. The van der Waals surface area contributed by atoms with Gasteiger partial charge in [0.25, 0.3) is 5.91 Å². The first-order chi connectivity index (χ1) is 8.45. The highest BCUT2D eigenvalue weighted by molar-refractivity contribution is 9.09. The number of nitrogens with one attached hydrogen (secondary N) is 1. The van der Waals surface area contributed by atoms with Gasteiger partial charge in [-0.05, 0) is 43.0 Å². The summed E-state index contributed by atoms with van der Waals surface area (Å²) in [5.74, 6) is 0.384. The molecular weight excluding hydrogens is 314 g/mol. The molecule has 0 aliphatic heterocycles. The molecule has 0 radical (unpaired) electrons. The summed E-state index contributed by atoms with van der Waals surface area (Å²) in [6.45, 7) is 6.12. The van der Waals surface area contributed by atoms with Crippen LogP contribution in [0.1, 0.15) is 36.2 Å². The number of aryl methyl sites for hydroxylation is 1. The molecule has 0 saturated heterocycles. The van der Waals surface area contributed by atoms with Gasteiger partial charge in [0.2, 0.25) is 0 Å². The molecule has 0 aliphatic carbocycles. The number of benzene rings is 1. The Labute approximate surface area is 122 Å². The van der Waals surface area contributed by atoms with Crippen molar-refractivity contribution in [2.45, 2.75) is 33.2 Å². The highest BCUT2D eigenvalue weighted by Crippen LogP contribution is 2.17. The van der Waals surface area contributed by atoms with Crippen molar-refractivity contribution in [3.63, 3.8) is 0 Å². The Balaban J connectivity index is 2.77. The number of amides is 1. The minimum Gasteiger partial charge on any atom is -0.349 e. The predicted octanol–water partition coefficient (Wildman–Crippen LogP) is 4.19. The molecule has 100 valence electrons. The third-order valence-corrected chi connectivity index (χ3v) is 3.84. The molecule has 0 fully saturated rings. The molecule has 18 heavy (non-hydrogen) atoms. The number of halogens is 2. The Kier molecular flexibility index (Phi) is 6.16. The van der Waals surface area contributed by atoms with E-state index in [1.165, 1.54) is 0 Å². The Morgan fingerprint density at radius 3 is 2.61 bits per heavy atom. The summed E-state index contributed by atoms with van der Waals surface area (Å²) >= 11 is 9.37. The van der Waals surface area contributed by atoms with E-state index in [1.807, 2.05) is 13.0 Å². The molecule has 0 aromatic heterocycles. The summed E-state index contributed by atoms with van der Waals surface area (Å²) in [4.78, 5) is 12.1. The van der Waals surface area contributed by atoms with E-state index in [0.29, 0.717) is 16.5 Å². The highest BCUT2D eigenvalue weighted by atomic mass is 79.9. The van der Waals surface area contributed by atoms with Gasteiger partial charge in [-0.2, -0.15) is 0 Å². The number of rotatable bonds is 5. The zero-order valence-corrected chi connectivity index (χ0v) is 13.3. The normalized spacial score (nSPS) is 12.6. The Morgan fingerprint density at radius 2 is 2.11 bits per heavy atom. The van der Waals surface area contributed by atoms with Gasteiger partial charge in [0.05, 0.1) is 0 Å². The first kappa shape index (κ1) is 15.5. The molecule has 1 rings (SSSR count). The van der Waals surface area contributed by atoms with E-state index in [2.05, 4.69) is 35.1 Å². The van der Waals surface area contributed by atoms with Crippen molar-refractivity contribution in [2.75, 3.05) is 5.33 Å². The molecule has 1 amide bonds. The third-order valence-electron chi connectivity index (χ3n) is 2.96.